The molecule has 0 radical (unpaired) electrons. The molecule has 1 aromatic carbocycles. The zero-order chi connectivity index (χ0) is 14.7. The second-order valence-corrected chi connectivity index (χ2v) is 4.95. The lowest BCUT2D eigenvalue weighted by Crippen LogP contribution is -2.42. The number of carbonyl (C=O) groups is 2. The maximum atomic E-state index is 12.1. The van der Waals surface area contributed by atoms with E-state index in [1.165, 1.54) is 4.90 Å². The van der Waals surface area contributed by atoms with Crippen LogP contribution in [0.5, 0.6) is 5.75 Å². The lowest BCUT2D eigenvalue weighted by atomic mass is 10.2. The molecule has 3 amide bonds. The molecule has 1 aliphatic rings. The van der Waals surface area contributed by atoms with Crippen LogP contribution >= 0.6 is 0 Å². The van der Waals surface area contributed by atoms with Gasteiger partial charge in [0.05, 0.1) is 13.2 Å². The van der Waals surface area contributed by atoms with Crippen LogP contribution in [0, 0.1) is 0 Å². The fraction of sp³-hybridized carbons (Fsp3) is 0.429. The summed E-state index contributed by atoms with van der Waals surface area (Å²) in [5, 5.41) is 2.83. The molecule has 6 heteroatoms. The van der Waals surface area contributed by atoms with Crippen molar-refractivity contribution in [3.63, 3.8) is 0 Å². The van der Waals surface area contributed by atoms with Crippen molar-refractivity contribution in [2.75, 3.05) is 32.6 Å². The highest BCUT2D eigenvalue weighted by Gasteiger charge is 2.31. The van der Waals surface area contributed by atoms with Gasteiger partial charge in [0, 0.05) is 38.8 Å². The molecular weight excluding hydrogens is 258 g/mol. The molecule has 0 saturated carbocycles. The quantitative estimate of drug-likeness (QED) is 0.899. The molecule has 1 atom stereocenters. The number of hydrogen-bond acceptors (Lipinski definition) is 3. The van der Waals surface area contributed by atoms with Crippen molar-refractivity contribution in [1.29, 1.82) is 0 Å². The molecule has 0 aliphatic carbocycles. The van der Waals surface area contributed by atoms with Crippen LogP contribution in [0.15, 0.2) is 24.3 Å². The first-order valence-electron chi connectivity index (χ1n) is 6.43. The van der Waals surface area contributed by atoms with E-state index in [4.69, 9.17) is 4.74 Å². The normalized spacial score (nSPS) is 18.1. The number of hydrogen-bond donors (Lipinski definition) is 1. The van der Waals surface area contributed by atoms with Gasteiger partial charge in [0.15, 0.2) is 0 Å². The van der Waals surface area contributed by atoms with Gasteiger partial charge in [0.1, 0.15) is 5.75 Å². The number of carbonyl (C=O) groups excluding carboxylic acids is 2. The van der Waals surface area contributed by atoms with Gasteiger partial charge < -0.3 is 19.9 Å². The Hall–Kier alpha value is -2.24. The van der Waals surface area contributed by atoms with Crippen LogP contribution in [0.3, 0.4) is 0 Å². The number of methoxy groups -OCH3 is 1. The molecule has 6 nitrogen and oxygen atoms in total. The third kappa shape index (κ3) is 3.01. The SMILES string of the molecule is COc1cccc(N2C[C@@H](NC(=O)N(C)C)CC2=O)c1. The average molecular weight is 277 g/mol. The summed E-state index contributed by atoms with van der Waals surface area (Å²) >= 11 is 0. The van der Waals surface area contributed by atoms with Crippen LogP contribution < -0.4 is 15.0 Å². The van der Waals surface area contributed by atoms with E-state index in [0.29, 0.717) is 18.7 Å². The summed E-state index contributed by atoms with van der Waals surface area (Å²) in [5.41, 5.74) is 0.788. The fourth-order valence-electron chi connectivity index (χ4n) is 2.14. The van der Waals surface area contributed by atoms with Crippen LogP contribution in [0.2, 0.25) is 0 Å². The van der Waals surface area contributed by atoms with Crippen LogP contribution in [0.1, 0.15) is 6.42 Å². The van der Waals surface area contributed by atoms with Crippen molar-refractivity contribution in [2.45, 2.75) is 12.5 Å². The molecule has 1 heterocycles. The Morgan fingerprint density at radius 2 is 2.20 bits per heavy atom. The van der Waals surface area contributed by atoms with Crippen LogP contribution in [0.25, 0.3) is 0 Å². The second kappa shape index (κ2) is 5.81. The number of rotatable bonds is 3. The van der Waals surface area contributed by atoms with E-state index >= 15 is 0 Å². The summed E-state index contributed by atoms with van der Waals surface area (Å²) in [7, 11) is 4.93. The first-order valence-corrected chi connectivity index (χ1v) is 6.43. The number of ether oxygens (including phenoxy) is 1. The molecule has 1 saturated heterocycles. The topological polar surface area (TPSA) is 61.9 Å². The van der Waals surface area contributed by atoms with E-state index in [9.17, 15) is 9.59 Å². The van der Waals surface area contributed by atoms with Crippen molar-refractivity contribution in [3.05, 3.63) is 24.3 Å². The van der Waals surface area contributed by atoms with Crippen molar-refractivity contribution < 1.29 is 14.3 Å². The number of amides is 3. The van der Waals surface area contributed by atoms with Gasteiger partial charge in [-0.25, -0.2) is 4.79 Å². The van der Waals surface area contributed by atoms with Gasteiger partial charge in [-0.1, -0.05) is 6.07 Å². The molecular formula is C14H19N3O3. The maximum Gasteiger partial charge on any atom is 0.317 e. The molecule has 1 fully saturated rings. The Balaban J connectivity index is 2.07. The predicted octanol–water partition coefficient (Wildman–Crippen LogP) is 1.07. The zero-order valence-corrected chi connectivity index (χ0v) is 11.9. The molecule has 20 heavy (non-hydrogen) atoms. The van der Waals surface area contributed by atoms with E-state index in [1.54, 1.807) is 26.1 Å². The molecule has 0 bridgehead atoms. The van der Waals surface area contributed by atoms with E-state index in [2.05, 4.69) is 5.32 Å². The van der Waals surface area contributed by atoms with Gasteiger partial charge in [-0.05, 0) is 12.1 Å². The highest BCUT2D eigenvalue weighted by molar-refractivity contribution is 5.97. The van der Waals surface area contributed by atoms with Crippen LogP contribution in [0.4, 0.5) is 10.5 Å². The van der Waals surface area contributed by atoms with Crippen molar-refractivity contribution in [1.82, 2.24) is 10.2 Å². The van der Waals surface area contributed by atoms with Crippen molar-refractivity contribution in [2.24, 2.45) is 0 Å². The number of nitrogens with one attached hydrogen (secondary N) is 1. The first kappa shape index (κ1) is 14.2. The Morgan fingerprint density at radius 3 is 2.85 bits per heavy atom. The zero-order valence-electron chi connectivity index (χ0n) is 11.9. The summed E-state index contributed by atoms with van der Waals surface area (Å²) in [5.74, 6) is 0.707. The molecule has 2 rings (SSSR count). The summed E-state index contributed by atoms with van der Waals surface area (Å²) < 4.78 is 5.16. The Morgan fingerprint density at radius 1 is 1.45 bits per heavy atom. The smallest absolute Gasteiger partial charge is 0.317 e. The minimum Gasteiger partial charge on any atom is -0.497 e. The summed E-state index contributed by atoms with van der Waals surface area (Å²) in [6.07, 6.45) is 0.316. The highest BCUT2D eigenvalue weighted by Crippen LogP contribution is 2.25. The van der Waals surface area contributed by atoms with Gasteiger partial charge in [-0.2, -0.15) is 0 Å². The van der Waals surface area contributed by atoms with Crippen molar-refractivity contribution >= 4 is 17.6 Å². The minimum absolute atomic E-state index is 0.00214. The molecule has 0 spiro atoms. The Kier molecular flexibility index (Phi) is 4.12. The number of benzene rings is 1. The first-order chi connectivity index (χ1) is 9.51. The summed E-state index contributed by atoms with van der Waals surface area (Å²) in [6, 6.07) is 6.99. The summed E-state index contributed by atoms with van der Waals surface area (Å²) in [4.78, 5) is 26.8. The van der Waals surface area contributed by atoms with Gasteiger partial charge in [0.2, 0.25) is 5.91 Å². The van der Waals surface area contributed by atoms with Gasteiger partial charge in [0.25, 0.3) is 0 Å². The van der Waals surface area contributed by atoms with E-state index in [-0.39, 0.29) is 18.0 Å². The summed E-state index contributed by atoms with van der Waals surface area (Å²) in [6.45, 7) is 0.478. The second-order valence-electron chi connectivity index (χ2n) is 4.95. The number of nitrogens with zero attached hydrogens (tertiary/aromatic N) is 2. The minimum atomic E-state index is -0.185. The van der Waals surface area contributed by atoms with E-state index < -0.39 is 0 Å². The molecule has 1 aromatic rings. The fourth-order valence-corrected chi connectivity index (χ4v) is 2.14. The third-order valence-electron chi connectivity index (χ3n) is 3.22. The predicted molar refractivity (Wildman–Crippen MR) is 76.0 cm³/mol. The third-order valence-corrected chi connectivity index (χ3v) is 3.22. The van der Waals surface area contributed by atoms with Gasteiger partial charge in [-0.15, -0.1) is 0 Å². The van der Waals surface area contributed by atoms with Gasteiger partial charge >= 0.3 is 6.03 Å². The number of urea groups is 1. The standard InChI is InChI=1S/C14H19N3O3/c1-16(2)14(19)15-10-7-13(18)17(9-10)11-5-4-6-12(8-11)20-3/h4-6,8,10H,7,9H2,1-3H3,(H,15,19)/t10-/m0/s1. The molecule has 0 aromatic heterocycles. The number of anilines is 1. The van der Waals surface area contributed by atoms with Crippen molar-refractivity contribution in [3.8, 4) is 5.75 Å². The molecule has 1 aliphatic heterocycles. The monoisotopic (exact) mass is 277 g/mol. The molecule has 0 unspecified atom stereocenters. The Labute approximate surface area is 118 Å². The maximum absolute atomic E-state index is 12.1. The lowest BCUT2D eigenvalue weighted by molar-refractivity contribution is -0.117. The van der Waals surface area contributed by atoms with Gasteiger partial charge in [-0.3, -0.25) is 4.79 Å². The average Bonchev–Trinajstić information content (AvgIpc) is 2.79. The largest absolute Gasteiger partial charge is 0.497 e. The molecule has 1 N–H and O–H groups in total. The van der Waals surface area contributed by atoms with E-state index in [0.717, 1.165) is 5.69 Å². The van der Waals surface area contributed by atoms with Crippen LogP contribution in [-0.2, 0) is 4.79 Å². The Bertz CT molecular complexity index is 516. The lowest BCUT2D eigenvalue weighted by Gasteiger charge is -2.19. The van der Waals surface area contributed by atoms with E-state index in [1.807, 2.05) is 24.3 Å². The highest BCUT2D eigenvalue weighted by atomic mass is 16.5. The molecule has 108 valence electrons. The van der Waals surface area contributed by atoms with Crippen LogP contribution in [-0.4, -0.2) is 50.6 Å².